The van der Waals surface area contributed by atoms with Gasteiger partial charge in [-0.05, 0) is 96.3 Å². The number of carbonyl (C=O) groups is 3. The fourth-order valence-electron chi connectivity index (χ4n) is 8.01. The summed E-state index contributed by atoms with van der Waals surface area (Å²) in [6.07, 6.45) is 76.8. The van der Waals surface area contributed by atoms with Gasteiger partial charge in [0.25, 0.3) is 0 Å². The second kappa shape index (κ2) is 57.9. The van der Waals surface area contributed by atoms with Crippen molar-refractivity contribution in [2.75, 3.05) is 13.2 Å². The summed E-state index contributed by atoms with van der Waals surface area (Å²) in [5, 5.41) is 0. The minimum absolute atomic E-state index is 0.0916. The molecule has 0 aliphatic carbocycles. The summed E-state index contributed by atoms with van der Waals surface area (Å²) in [7, 11) is 0. The molecule has 0 radical (unpaired) electrons. The average molecular weight is 974 g/mol. The van der Waals surface area contributed by atoms with Crippen LogP contribution in [0.25, 0.3) is 0 Å². The molecule has 0 aromatic carbocycles. The van der Waals surface area contributed by atoms with E-state index in [2.05, 4.69) is 118 Å². The number of esters is 3. The van der Waals surface area contributed by atoms with Gasteiger partial charge in [-0.2, -0.15) is 0 Å². The highest BCUT2D eigenvalue weighted by Gasteiger charge is 2.19. The third-order valence-electron chi connectivity index (χ3n) is 12.3. The van der Waals surface area contributed by atoms with E-state index in [-0.39, 0.29) is 31.1 Å². The molecule has 0 saturated carbocycles. The lowest BCUT2D eigenvalue weighted by Crippen LogP contribution is -2.30. The highest BCUT2D eigenvalue weighted by atomic mass is 16.6. The van der Waals surface area contributed by atoms with Gasteiger partial charge in [-0.1, -0.05) is 253 Å². The van der Waals surface area contributed by atoms with Crippen LogP contribution >= 0.6 is 0 Å². The summed E-state index contributed by atoms with van der Waals surface area (Å²) >= 11 is 0. The van der Waals surface area contributed by atoms with Crippen molar-refractivity contribution in [1.82, 2.24) is 0 Å². The summed E-state index contributed by atoms with van der Waals surface area (Å²) in [5.74, 6) is -0.919. The van der Waals surface area contributed by atoms with Crippen molar-refractivity contribution < 1.29 is 28.6 Å². The van der Waals surface area contributed by atoms with Gasteiger partial charge in [0.2, 0.25) is 0 Å². The predicted octanol–water partition coefficient (Wildman–Crippen LogP) is 19.7. The lowest BCUT2D eigenvalue weighted by Gasteiger charge is -2.18. The molecule has 6 heteroatoms. The Hall–Kier alpha value is -3.67. The summed E-state index contributed by atoms with van der Waals surface area (Å²) in [6, 6.07) is 0. The Bertz CT molecular complexity index is 1400. The van der Waals surface area contributed by atoms with Gasteiger partial charge in [-0.25, -0.2) is 0 Å². The summed E-state index contributed by atoms with van der Waals surface area (Å²) in [6.45, 7) is 6.40. The van der Waals surface area contributed by atoms with Crippen molar-refractivity contribution >= 4 is 17.9 Å². The molecule has 0 bridgehead atoms. The Kier molecular flexibility index (Phi) is 54.9. The normalized spacial score (nSPS) is 12.8. The number of carbonyl (C=O) groups excluding carboxylic acids is 3. The van der Waals surface area contributed by atoms with Gasteiger partial charge in [-0.15, -0.1) is 0 Å². The van der Waals surface area contributed by atoms with Gasteiger partial charge in [0, 0.05) is 19.3 Å². The third kappa shape index (κ3) is 55.3. The minimum atomic E-state index is -0.793. The SMILES string of the molecule is CC/C=C\C/C=C\C/C=C\C/C=C\C/C=C\CCCCCCCC(=O)OCC(COC(=O)CCCCCCC/C=C\C/C=C\C/C=C\CC)OC(=O)CCCCCCCCCCCCCCCCCC. The number of rotatable bonds is 52. The Labute approximate surface area is 432 Å². The van der Waals surface area contributed by atoms with Gasteiger partial charge in [-0.3, -0.25) is 14.4 Å². The topological polar surface area (TPSA) is 78.9 Å². The molecule has 1 atom stereocenters. The van der Waals surface area contributed by atoms with Crippen LogP contribution in [0.4, 0.5) is 0 Å². The van der Waals surface area contributed by atoms with Gasteiger partial charge >= 0.3 is 17.9 Å². The zero-order chi connectivity index (χ0) is 50.7. The Balaban J connectivity index is 4.43. The van der Waals surface area contributed by atoms with E-state index < -0.39 is 6.10 Å². The summed E-state index contributed by atoms with van der Waals surface area (Å²) in [5.41, 5.74) is 0. The van der Waals surface area contributed by atoms with Crippen molar-refractivity contribution in [3.8, 4) is 0 Å². The predicted molar refractivity (Wildman–Crippen MR) is 302 cm³/mol. The smallest absolute Gasteiger partial charge is 0.306 e. The molecule has 1 unspecified atom stereocenters. The molecule has 70 heavy (non-hydrogen) atoms. The average Bonchev–Trinajstić information content (AvgIpc) is 3.36. The van der Waals surface area contributed by atoms with Crippen molar-refractivity contribution in [2.45, 2.75) is 277 Å². The van der Waals surface area contributed by atoms with Crippen LogP contribution in [-0.2, 0) is 28.6 Å². The largest absolute Gasteiger partial charge is 0.462 e. The maximum absolute atomic E-state index is 12.9. The van der Waals surface area contributed by atoms with Crippen molar-refractivity contribution in [2.24, 2.45) is 0 Å². The van der Waals surface area contributed by atoms with Crippen LogP contribution in [0.15, 0.2) is 97.2 Å². The van der Waals surface area contributed by atoms with Crippen LogP contribution in [0.2, 0.25) is 0 Å². The number of ether oxygens (including phenoxy) is 3. The monoisotopic (exact) mass is 973 g/mol. The maximum Gasteiger partial charge on any atom is 0.306 e. The summed E-state index contributed by atoms with van der Waals surface area (Å²) in [4.78, 5) is 38.2. The first-order valence-electron chi connectivity index (χ1n) is 29.2. The molecule has 400 valence electrons. The standard InChI is InChI=1S/C64H108O6/c1-4-7-10-13-16-19-22-25-28-30-31-32-33-34-37-39-42-45-48-51-54-57-63(66)69-60-61(59-68-62(65)56-53-50-47-44-41-38-35-27-24-21-18-15-12-9-6-3)70-64(67)58-55-52-49-46-43-40-36-29-26-23-20-17-14-11-8-5-2/h7,9-10,12,16,18-19,21,25,27-28,31-32,34-35,37,61H,4-6,8,11,13-15,17,20,22-24,26,29-30,33,36,38-60H2,1-3H3/b10-7-,12-9-,19-16-,21-18-,28-25-,32-31-,35-27-,37-34-. The number of hydrogen-bond acceptors (Lipinski definition) is 6. The number of unbranched alkanes of at least 4 members (excludes halogenated alkanes) is 25. The van der Waals surface area contributed by atoms with E-state index in [0.29, 0.717) is 19.3 Å². The first kappa shape index (κ1) is 66.3. The van der Waals surface area contributed by atoms with Gasteiger partial charge in [0.15, 0.2) is 6.10 Å². The van der Waals surface area contributed by atoms with Crippen LogP contribution in [0, 0.1) is 0 Å². The van der Waals surface area contributed by atoms with Crippen LogP contribution in [0.3, 0.4) is 0 Å². The van der Waals surface area contributed by atoms with Crippen LogP contribution in [0.5, 0.6) is 0 Å². The van der Waals surface area contributed by atoms with E-state index in [4.69, 9.17) is 14.2 Å². The van der Waals surface area contributed by atoms with Crippen molar-refractivity contribution in [3.05, 3.63) is 97.2 Å². The molecule has 0 aromatic heterocycles. The Morgan fingerprint density at radius 1 is 0.300 bits per heavy atom. The molecule has 0 fully saturated rings. The van der Waals surface area contributed by atoms with Crippen molar-refractivity contribution in [1.29, 1.82) is 0 Å². The van der Waals surface area contributed by atoms with Crippen LogP contribution in [0.1, 0.15) is 271 Å². The fourth-order valence-corrected chi connectivity index (χ4v) is 8.01. The van der Waals surface area contributed by atoms with Gasteiger partial charge in [0.1, 0.15) is 13.2 Å². The molecule has 0 aliphatic heterocycles. The van der Waals surface area contributed by atoms with Crippen LogP contribution < -0.4 is 0 Å². The second-order valence-corrected chi connectivity index (χ2v) is 19.1. The molecule has 0 aliphatic rings. The molecule has 0 saturated heterocycles. The van der Waals surface area contributed by atoms with E-state index in [1.807, 2.05) is 0 Å². The number of hydrogen-bond donors (Lipinski definition) is 0. The van der Waals surface area contributed by atoms with Crippen LogP contribution in [-0.4, -0.2) is 37.2 Å². The molecule has 0 rings (SSSR count). The zero-order valence-electron chi connectivity index (χ0n) is 45.8. The van der Waals surface area contributed by atoms with Gasteiger partial charge < -0.3 is 14.2 Å². The first-order valence-corrected chi connectivity index (χ1v) is 29.2. The number of allylic oxidation sites excluding steroid dienone is 16. The molecular formula is C64H108O6. The van der Waals surface area contributed by atoms with Gasteiger partial charge in [0.05, 0.1) is 0 Å². The molecule has 0 N–H and O–H groups in total. The molecule has 6 nitrogen and oxygen atoms in total. The Morgan fingerprint density at radius 2 is 0.557 bits per heavy atom. The second-order valence-electron chi connectivity index (χ2n) is 19.1. The third-order valence-corrected chi connectivity index (χ3v) is 12.3. The van der Waals surface area contributed by atoms with E-state index >= 15 is 0 Å². The fraction of sp³-hybridized carbons (Fsp3) is 0.703. The minimum Gasteiger partial charge on any atom is -0.462 e. The first-order chi connectivity index (χ1) is 34.5. The molecule has 0 aromatic rings. The molecule has 0 amide bonds. The zero-order valence-corrected chi connectivity index (χ0v) is 45.8. The van der Waals surface area contributed by atoms with E-state index in [9.17, 15) is 14.4 Å². The molecular weight excluding hydrogens is 865 g/mol. The molecule has 0 spiro atoms. The van der Waals surface area contributed by atoms with E-state index in [1.165, 1.54) is 83.5 Å². The lowest BCUT2D eigenvalue weighted by atomic mass is 10.0. The maximum atomic E-state index is 12.9. The lowest BCUT2D eigenvalue weighted by molar-refractivity contribution is -0.167. The van der Waals surface area contributed by atoms with E-state index in [1.54, 1.807) is 0 Å². The Morgan fingerprint density at radius 3 is 0.871 bits per heavy atom. The molecule has 0 heterocycles. The highest BCUT2D eigenvalue weighted by molar-refractivity contribution is 5.71. The summed E-state index contributed by atoms with van der Waals surface area (Å²) < 4.78 is 16.9. The highest BCUT2D eigenvalue weighted by Crippen LogP contribution is 2.16. The van der Waals surface area contributed by atoms with Crippen molar-refractivity contribution in [3.63, 3.8) is 0 Å². The van der Waals surface area contributed by atoms with E-state index in [0.717, 1.165) is 148 Å². The quantitative estimate of drug-likeness (QED) is 0.0262.